The fourth-order valence-electron chi connectivity index (χ4n) is 1.53. The van der Waals surface area contributed by atoms with Gasteiger partial charge in [0.25, 0.3) is 0 Å². The van der Waals surface area contributed by atoms with Crippen LogP contribution in [-0.4, -0.2) is 17.3 Å². The summed E-state index contributed by atoms with van der Waals surface area (Å²) in [7, 11) is 1.62. The van der Waals surface area contributed by atoms with Gasteiger partial charge in [0.2, 0.25) is 11.7 Å². The molecule has 0 atom stereocenters. The van der Waals surface area contributed by atoms with Crippen molar-refractivity contribution in [3.8, 4) is 11.5 Å². The number of hydrogen-bond donors (Lipinski definition) is 0. The maximum Gasteiger partial charge on any atom is 0.226 e. The molecule has 0 amide bonds. The van der Waals surface area contributed by atoms with E-state index in [1.807, 2.05) is 18.2 Å². The Morgan fingerprint density at radius 2 is 2.21 bits per heavy atom. The first-order valence-electron chi connectivity index (χ1n) is 6.00. The lowest BCUT2D eigenvalue weighted by Crippen LogP contribution is -1.98. The molecule has 1 heterocycles. The highest BCUT2D eigenvalue weighted by Crippen LogP contribution is 2.29. The first-order valence-corrected chi connectivity index (χ1v) is 6.80. The quantitative estimate of drug-likeness (QED) is 0.814. The van der Waals surface area contributed by atoms with E-state index in [1.165, 1.54) is 0 Å². The molecule has 2 rings (SSSR count). The number of nitrogens with zero attached hydrogens (tertiary/aromatic N) is 2. The monoisotopic (exact) mass is 326 g/mol. The second-order valence-electron chi connectivity index (χ2n) is 3.94. The van der Waals surface area contributed by atoms with E-state index in [4.69, 9.17) is 14.0 Å². The Labute approximate surface area is 120 Å². The predicted octanol–water partition coefficient (Wildman–Crippen LogP) is 3.37. The number of hydrogen-bond acceptors (Lipinski definition) is 5. The Morgan fingerprint density at radius 1 is 1.37 bits per heavy atom. The summed E-state index contributed by atoms with van der Waals surface area (Å²) in [6.07, 6.45) is 1.77. The van der Waals surface area contributed by atoms with Crippen molar-refractivity contribution in [3.05, 3.63) is 34.4 Å². The van der Waals surface area contributed by atoms with Gasteiger partial charge in [0, 0.05) is 6.42 Å². The first-order chi connectivity index (χ1) is 9.22. The summed E-state index contributed by atoms with van der Waals surface area (Å²) < 4.78 is 16.7. The maximum atomic E-state index is 5.63. The number of ether oxygens (including phenoxy) is 2. The molecule has 1 aromatic carbocycles. The third-order valence-corrected chi connectivity index (χ3v) is 3.09. The standard InChI is InChI=1S/C13H15BrN2O3/c1-3-4-13-15-12(16-19-13)8-18-11-6-5-9(17-2)7-10(11)14/h5-7H,3-4,8H2,1-2H3. The second-order valence-corrected chi connectivity index (χ2v) is 4.79. The molecule has 0 bridgehead atoms. The van der Waals surface area contributed by atoms with Crippen molar-refractivity contribution in [1.29, 1.82) is 0 Å². The van der Waals surface area contributed by atoms with Crippen LogP contribution in [0.1, 0.15) is 25.1 Å². The Hall–Kier alpha value is -1.56. The zero-order chi connectivity index (χ0) is 13.7. The van der Waals surface area contributed by atoms with E-state index in [1.54, 1.807) is 7.11 Å². The summed E-state index contributed by atoms with van der Waals surface area (Å²) in [4.78, 5) is 4.24. The van der Waals surface area contributed by atoms with E-state index in [0.29, 0.717) is 17.5 Å². The fourth-order valence-corrected chi connectivity index (χ4v) is 2.00. The summed E-state index contributed by atoms with van der Waals surface area (Å²) in [6.45, 7) is 2.34. The van der Waals surface area contributed by atoms with Crippen LogP contribution in [-0.2, 0) is 13.0 Å². The minimum absolute atomic E-state index is 0.276. The summed E-state index contributed by atoms with van der Waals surface area (Å²) >= 11 is 3.42. The van der Waals surface area contributed by atoms with Crippen LogP contribution in [0.2, 0.25) is 0 Å². The molecule has 2 aromatic rings. The normalized spacial score (nSPS) is 10.5. The molecule has 0 fully saturated rings. The van der Waals surface area contributed by atoms with Crippen molar-refractivity contribution in [2.75, 3.05) is 7.11 Å². The molecule has 5 nitrogen and oxygen atoms in total. The minimum Gasteiger partial charge on any atom is -0.497 e. The third-order valence-electron chi connectivity index (χ3n) is 2.47. The van der Waals surface area contributed by atoms with Gasteiger partial charge in [-0.1, -0.05) is 12.1 Å². The van der Waals surface area contributed by atoms with Crippen LogP contribution in [0, 0.1) is 0 Å². The molecule has 0 saturated carbocycles. The molecule has 6 heteroatoms. The van der Waals surface area contributed by atoms with Crippen molar-refractivity contribution in [3.63, 3.8) is 0 Å². The highest BCUT2D eigenvalue weighted by Gasteiger charge is 2.08. The van der Waals surface area contributed by atoms with Crippen molar-refractivity contribution in [2.45, 2.75) is 26.4 Å². The van der Waals surface area contributed by atoms with Crippen molar-refractivity contribution >= 4 is 15.9 Å². The number of benzene rings is 1. The molecular weight excluding hydrogens is 312 g/mol. The van der Waals surface area contributed by atoms with Gasteiger partial charge in [0.1, 0.15) is 11.5 Å². The van der Waals surface area contributed by atoms with Gasteiger partial charge in [-0.2, -0.15) is 4.98 Å². The maximum absolute atomic E-state index is 5.63. The smallest absolute Gasteiger partial charge is 0.226 e. The number of rotatable bonds is 6. The van der Waals surface area contributed by atoms with Crippen molar-refractivity contribution in [1.82, 2.24) is 10.1 Å². The summed E-state index contributed by atoms with van der Waals surface area (Å²) in [5.41, 5.74) is 0. The lowest BCUT2D eigenvalue weighted by atomic mass is 10.3. The molecular formula is C13H15BrN2O3. The van der Waals surface area contributed by atoms with E-state index in [-0.39, 0.29) is 6.61 Å². The topological polar surface area (TPSA) is 57.4 Å². The van der Waals surface area contributed by atoms with Gasteiger partial charge < -0.3 is 14.0 Å². The molecule has 0 spiro atoms. The van der Waals surface area contributed by atoms with Crippen LogP contribution in [0.3, 0.4) is 0 Å². The number of methoxy groups -OCH3 is 1. The molecule has 0 aliphatic carbocycles. The molecule has 0 unspecified atom stereocenters. The highest BCUT2D eigenvalue weighted by molar-refractivity contribution is 9.10. The fraction of sp³-hybridized carbons (Fsp3) is 0.385. The van der Waals surface area contributed by atoms with Crippen LogP contribution < -0.4 is 9.47 Å². The molecule has 102 valence electrons. The SMILES string of the molecule is CCCc1nc(COc2ccc(OC)cc2Br)no1. The zero-order valence-electron chi connectivity index (χ0n) is 10.9. The average Bonchev–Trinajstić information content (AvgIpc) is 2.85. The second kappa shape index (κ2) is 6.56. The molecule has 0 aliphatic rings. The van der Waals surface area contributed by atoms with E-state index < -0.39 is 0 Å². The van der Waals surface area contributed by atoms with Crippen LogP contribution >= 0.6 is 15.9 Å². The van der Waals surface area contributed by atoms with E-state index in [0.717, 1.165) is 23.1 Å². The largest absolute Gasteiger partial charge is 0.497 e. The molecule has 19 heavy (non-hydrogen) atoms. The minimum atomic E-state index is 0.276. The average molecular weight is 327 g/mol. The van der Waals surface area contributed by atoms with Gasteiger partial charge in [0.05, 0.1) is 11.6 Å². The molecule has 1 aromatic heterocycles. The van der Waals surface area contributed by atoms with Gasteiger partial charge in [-0.3, -0.25) is 0 Å². The predicted molar refractivity (Wildman–Crippen MR) is 73.3 cm³/mol. The molecule has 0 N–H and O–H groups in total. The number of aryl methyl sites for hydroxylation is 1. The molecule has 0 radical (unpaired) electrons. The Balaban J connectivity index is 1.97. The van der Waals surface area contributed by atoms with Crippen molar-refractivity contribution < 1.29 is 14.0 Å². The summed E-state index contributed by atoms with van der Waals surface area (Å²) in [6, 6.07) is 5.50. The summed E-state index contributed by atoms with van der Waals surface area (Å²) in [5, 5.41) is 3.86. The van der Waals surface area contributed by atoms with Crippen molar-refractivity contribution in [2.24, 2.45) is 0 Å². The van der Waals surface area contributed by atoms with Gasteiger partial charge >= 0.3 is 0 Å². The number of aromatic nitrogens is 2. The lowest BCUT2D eigenvalue weighted by Gasteiger charge is -2.07. The van der Waals surface area contributed by atoms with E-state index in [9.17, 15) is 0 Å². The first kappa shape index (κ1) is 13.9. The van der Waals surface area contributed by atoms with Crippen LogP contribution in [0.15, 0.2) is 27.2 Å². The Morgan fingerprint density at radius 3 is 2.89 bits per heavy atom. The Bertz CT molecular complexity index is 542. The molecule has 0 saturated heterocycles. The van der Waals surface area contributed by atoms with Gasteiger partial charge in [-0.15, -0.1) is 0 Å². The van der Waals surface area contributed by atoms with Gasteiger partial charge in [0.15, 0.2) is 6.61 Å². The van der Waals surface area contributed by atoms with Crippen LogP contribution in [0.4, 0.5) is 0 Å². The van der Waals surface area contributed by atoms with Crippen LogP contribution in [0.5, 0.6) is 11.5 Å². The number of halogens is 1. The lowest BCUT2D eigenvalue weighted by molar-refractivity contribution is 0.283. The Kier molecular flexibility index (Phi) is 4.79. The van der Waals surface area contributed by atoms with Gasteiger partial charge in [-0.05, 0) is 40.5 Å². The molecule has 0 aliphatic heterocycles. The zero-order valence-corrected chi connectivity index (χ0v) is 12.4. The highest BCUT2D eigenvalue weighted by atomic mass is 79.9. The van der Waals surface area contributed by atoms with Crippen LogP contribution in [0.25, 0.3) is 0 Å². The van der Waals surface area contributed by atoms with Gasteiger partial charge in [-0.25, -0.2) is 0 Å². The van der Waals surface area contributed by atoms with E-state index >= 15 is 0 Å². The summed E-state index contributed by atoms with van der Waals surface area (Å²) in [5.74, 6) is 2.67. The van der Waals surface area contributed by atoms with E-state index in [2.05, 4.69) is 33.0 Å². The third kappa shape index (κ3) is 3.70.